The van der Waals surface area contributed by atoms with Gasteiger partial charge in [0.25, 0.3) is 0 Å². The Morgan fingerprint density at radius 1 is 1.15 bits per heavy atom. The van der Waals surface area contributed by atoms with Crippen molar-refractivity contribution in [2.75, 3.05) is 5.73 Å². The Hall–Kier alpha value is -3.65. The van der Waals surface area contributed by atoms with E-state index >= 15 is 0 Å². The van der Waals surface area contributed by atoms with E-state index in [4.69, 9.17) is 22.4 Å². The smallest absolute Gasteiger partial charge is 0.351 e. The zero-order chi connectivity index (χ0) is 23.3. The fourth-order valence-corrected chi connectivity index (χ4v) is 4.52. The van der Waals surface area contributed by atoms with Gasteiger partial charge in [-0.1, -0.05) is 37.6 Å². The molecule has 0 saturated carbocycles. The van der Waals surface area contributed by atoms with Gasteiger partial charge in [0.1, 0.15) is 5.82 Å². The Morgan fingerprint density at radius 3 is 2.70 bits per heavy atom. The van der Waals surface area contributed by atoms with Gasteiger partial charge in [-0.25, -0.2) is 4.79 Å². The highest BCUT2D eigenvalue weighted by molar-refractivity contribution is 6.35. The molecule has 0 saturated heterocycles. The topological polar surface area (TPSA) is 96.6 Å². The van der Waals surface area contributed by atoms with Crippen LogP contribution in [-0.2, 0) is 20.1 Å². The van der Waals surface area contributed by atoms with Gasteiger partial charge in [-0.2, -0.15) is 10.1 Å². The lowest BCUT2D eigenvalue weighted by molar-refractivity contribution is 0.512. The van der Waals surface area contributed by atoms with Gasteiger partial charge < -0.3 is 10.3 Å². The summed E-state index contributed by atoms with van der Waals surface area (Å²) in [6.07, 6.45) is 3.72. The zero-order valence-electron chi connectivity index (χ0n) is 18.7. The number of para-hydroxylation sites is 1. The summed E-state index contributed by atoms with van der Waals surface area (Å²) in [5.41, 5.74) is 9.95. The third kappa shape index (κ3) is 3.56. The maximum absolute atomic E-state index is 12.7. The van der Waals surface area contributed by atoms with Crippen molar-refractivity contribution in [3.05, 3.63) is 69.9 Å². The van der Waals surface area contributed by atoms with Gasteiger partial charge in [0.15, 0.2) is 5.65 Å². The molecule has 1 aromatic carbocycles. The van der Waals surface area contributed by atoms with E-state index < -0.39 is 5.69 Å². The minimum absolute atomic E-state index is 0.181. The molecule has 4 aromatic heterocycles. The molecule has 0 spiro atoms. The van der Waals surface area contributed by atoms with Crippen molar-refractivity contribution in [2.45, 2.75) is 26.9 Å². The molecule has 0 atom stereocenters. The van der Waals surface area contributed by atoms with Gasteiger partial charge in [-0.05, 0) is 35.7 Å². The first-order valence-electron chi connectivity index (χ1n) is 10.8. The number of nitrogens with zero attached hydrogens (tertiary/aromatic N) is 6. The van der Waals surface area contributed by atoms with Gasteiger partial charge in [0.2, 0.25) is 0 Å². The summed E-state index contributed by atoms with van der Waals surface area (Å²) in [7, 11) is 1.97. The molecule has 0 amide bonds. The maximum atomic E-state index is 12.7. The number of rotatable bonds is 5. The summed E-state index contributed by atoms with van der Waals surface area (Å²) in [6.45, 7) is 5.05. The first-order chi connectivity index (χ1) is 15.8. The summed E-state index contributed by atoms with van der Waals surface area (Å²) in [5, 5.41) is 7.13. The molecule has 5 rings (SSSR count). The van der Waals surface area contributed by atoms with Gasteiger partial charge in [0.05, 0.1) is 33.9 Å². The number of aromatic nitrogens is 6. The summed E-state index contributed by atoms with van der Waals surface area (Å²) in [5.74, 6) is 0.423. The monoisotopic (exact) mass is 461 g/mol. The predicted octanol–water partition coefficient (Wildman–Crippen LogP) is 4.09. The molecule has 2 N–H and O–H groups in total. The molecule has 33 heavy (non-hydrogen) atoms. The zero-order valence-corrected chi connectivity index (χ0v) is 19.4. The van der Waals surface area contributed by atoms with Crippen LogP contribution in [0.3, 0.4) is 0 Å². The summed E-state index contributed by atoms with van der Waals surface area (Å²) in [4.78, 5) is 21.3. The molecule has 0 aliphatic heterocycles. The molecule has 9 heteroatoms. The Morgan fingerprint density at radius 2 is 1.97 bits per heavy atom. The van der Waals surface area contributed by atoms with Gasteiger partial charge in [-0.3, -0.25) is 14.2 Å². The van der Waals surface area contributed by atoms with Gasteiger partial charge in [-0.15, -0.1) is 0 Å². The molecule has 0 aliphatic rings. The van der Waals surface area contributed by atoms with Crippen LogP contribution in [0, 0.1) is 5.92 Å². The van der Waals surface area contributed by atoms with E-state index in [2.05, 4.69) is 23.8 Å². The number of nitrogen functional groups attached to an aromatic ring is 1. The van der Waals surface area contributed by atoms with Gasteiger partial charge >= 0.3 is 5.69 Å². The third-order valence-corrected chi connectivity index (χ3v) is 6.06. The van der Waals surface area contributed by atoms with Crippen LogP contribution in [0.25, 0.3) is 33.3 Å². The van der Waals surface area contributed by atoms with Crippen LogP contribution in [0.4, 0.5) is 5.82 Å². The van der Waals surface area contributed by atoms with Crippen LogP contribution >= 0.6 is 11.6 Å². The normalized spacial score (nSPS) is 11.8. The highest BCUT2D eigenvalue weighted by Crippen LogP contribution is 2.33. The van der Waals surface area contributed by atoms with Gasteiger partial charge in [0, 0.05) is 31.4 Å². The fourth-order valence-electron chi connectivity index (χ4n) is 4.29. The number of halogens is 1. The Kier molecular flexibility index (Phi) is 5.17. The summed E-state index contributed by atoms with van der Waals surface area (Å²) >= 11 is 6.39. The average Bonchev–Trinajstić information content (AvgIpc) is 3.35. The van der Waals surface area contributed by atoms with Crippen LogP contribution in [0.5, 0.6) is 0 Å². The second-order valence-corrected chi connectivity index (χ2v) is 9.01. The standard InChI is InChI=1S/C24H24ClN7O/c1-14(2)12-31-23-19(22(26)28-24(31)33)21(18-8-5-11-30(18)3)32(29-23)13-15-9-10-27-20-16(15)6-4-7-17(20)25/h4-11,14H,12-13H2,1-3H3,(H2,26,28,33). The predicted molar refractivity (Wildman–Crippen MR) is 131 cm³/mol. The van der Waals surface area contributed by atoms with E-state index in [-0.39, 0.29) is 11.7 Å². The number of pyridine rings is 1. The van der Waals surface area contributed by atoms with E-state index in [1.807, 2.05) is 58.9 Å². The Balaban J connectivity index is 1.81. The molecule has 8 nitrogen and oxygen atoms in total. The molecule has 0 aliphatic carbocycles. The van der Waals surface area contributed by atoms with Crippen molar-refractivity contribution < 1.29 is 0 Å². The van der Waals surface area contributed by atoms with Crippen LogP contribution in [0.1, 0.15) is 19.4 Å². The summed E-state index contributed by atoms with van der Waals surface area (Å²) < 4.78 is 5.51. The quantitative estimate of drug-likeness (QED) is 0.425. The highest BCUT2D eigenvalue weighted by Gasteiger charge is 2.23. The second kappa shape index (κ2) is 8.04. The van der Waals surface area contributed by atoms with Crippen LogP contribution in [0.2, 0.25) is 5.02 Å². The number of benzene rings is 1. The SMILES string of the molecule is CC(C)Cn1c(=O)nc(N)c2c(-c3cccn3C)n(Cc3ccnc4c(Cl)cccc34)nc21. The number of hydrogen-bond acceptors (Lipinski definition) is 5. The van der Waals surface area contributed by atoms with Crippen LogP contribution in [-0.4, -0.2) is 28.9 Å². The number of fused-ring (bicyclic) bond motifs is 2. The fraction of sp³-hybridized carbons (Fsp3) is 0.250. The molecule has 0 radical (unpaired) electrons. The van der Waals surface area contributed by atoms with Crippen molar-refractivity contribution >= 4 is 39.4 Å². The number of hydrogen-bond donors (Lipinski definition) is 1. The van der Waals surface area contributed by atoms with E-state index in [1.54, 1.807) is 10.8 Å². The van der Waals surface area contributed by atoms with Crippen molar-refractivity contribution in [2.24, 2.45) is 13.0 Å². The molecule has 168 valence electrons. The lowest BCUT2D eigenvalue weighted by atomic mass is 10.1. The third-order valence-electron chi connectivity index (χ3n) is 5.76. The lowest BCUT2D eigenvalue weighted by Crippen LogP contribution is -2.26. The molecule has 0 unspecified atom stereocenters. The molecule has 4 heterocycles. The minimum Gasteiger partial charge on any atom is -0.383 e. The van der Waals surface area contributed by atoms with Crippen molar-refractivity contribution in [1.82, 2.24) is 28.9 Å². The lowest BCUT2D eigenvalue weighted by Gasteiger charge is -2.12. The molecule has 5 aromatic rings. The van der Waals surface area contributed by atoms with Crippen LogP contribution < -0.4 is 11.4 Å². The Bertz CT molecular complexity index is 1560. The largest absolute Gasteiger partial charge is 0.383 e. The van der Waals surface area contributed by atoms with E-state index in [0.29, 0.717) is 29.1 Å². The average molecular weight is 462 g/mol. The number of nitrogens with two attached hydrogens (primary N) is 1. The Labute approximate surface area is 195 Å². The van der Waals surface area contributed by atoms with E-state index in [9.17, 15) is 4.79 Å². The van der Waals surface area contributed by atoms with Crippen molar-refractivity contribution in [3.8, 4) is 11.4 Å². The molecular formula is C24H24ClN7O. The molecule has 0 fully saturated rings. The van der Waals surface area contributed by atoms with Crippen molar-refractivity contribution in [1.29, 1.82) is 0 Å². The van der Waals surface area contributed by atoms with Crippen LogP contribution in [0.15, 0.2) is 53.6 Å². The molecule has 0 bridgehead atoms. The van der Waals surface area contributed by atoms with Crippen molar-refractivity contribution in [3.63, 3.8) is 0 Å². The second-order valence-electron chi connectivity index (χ2n) is 8.60. The summed E-state index contributed by atoms with van der Waals surface area (Å²) in [6, 6.07) is 11.7. The highest BCUT2D eigenvalue weighted by atomic mass is 35.5. The number of aryl methyl sites for hydroxylation is 1. The minimum atomic E-state index is -0.391. The first kappa shape index (κ1) is 21.2. The van der Waals surface area contributed by atoms with E-state index in [1.165, 1.54) is 0 Å². The maximum Gasteiger partial charge on any atom is 0.351 e. The molecular weight excluding hydrogens is 438 g/mol. The first-order valence-corrected chi connectivity index (χ1v) is 11.1. The number of anilines is 1. The van der Waals surface area contributed by atoms with E-state index in [0.717, 1.165) is 27.9 Å².